The van der Waals surface area contributed by atoms with Gasteiger partial charge in [0.25, 0.3) is 0 Å². The van der Waals surface area contributed by atoms with Crippen molar-refractivity contribution >= 4 is 18.1 Å². The molecule has 0 fully saturated rings. The second-order valence-electron chi connectivity index (χ2n) is 5.09. The number of hydrogen-bond donors (Lipinski definition) is 1. The third-order valence-electron chi connectivity index (χ3n) is 3.63. The molecule has 0 atom stereocenters. The van der Waals surface area contributed by atoms with Crippen LogP contribution in [0.3, 0.4) is 0 Å². The lowest BCUT2D eigenvalue weighted by atomic mass is 9.96. The standard InChI is InChI=1S/C15H17N3O2S/c1-10-3-8-14-11(2)17-18(15(14)9-10)12-4-6-13(7-5-12)21-20-19-16/h4-7,9H,3,8,16H2,1-2H3. The van der Waals surface area contributed by atoms with Crippen molar-refractivity contribution in [3.8, 4) is 5.69 Å². The summed E-state index contributed by atoms with van der Waals surface area (Å²) in [4.78, 5) is 5.00. The van der Waals surface area contributed by atoms with E-state index in [1.54, 1.807) is 0 Å². The van der Waals surface area contributed by atoms with Gasteiger partial charge in [-0.15, -0.1) is 9.32 Å². The molecule has 1 aliphatic rings. The molecule has 2 aromatic rings. The van der Waals surface area contributed by atoms with Gasteiger partial charge in [-0.2, -0.15) is 11.0 Å². The van der Waals surface area contributed by atoms with E-state index in [9.17, 15) is 0 Å². The molecule has 21 heavy (non-hydrogen) atoms. The van der Waals surface area contributed by atoms with Crippen LogP contribution in [0.15, 0.2) is 34.7 Å². The average Bonchev–Trinajstić information content (AvgIpc) is 2.82. The van der Waals surface area contributed by atoms with Crippen molar-refractivity contribution in [3.63, 3.8) is 0 Å². The minimum atomic E-state index is 0.911. The minimum absolute atomic E-state index is 0.911. The van der Waals surface area contributed by atoms with Gasteiger partial charge in [0.15, 0.2) is 0 Å². The molecule has 2 N–H and O–H groups in total. The van der Waals surface area contributed by atoms with Gasteiger partial charge in [-0.3, -0.25) is 0 Å². The summed E-state index contributed by atoms with van der Waals surface area (Å²) in [6.07, 6.45) is 4.41. The molecule has 0 bridgehead atoms. The van der Waals surface area contributed by atoms with Gasteiger partial charge >= 0.3 is 0 Å². The summed E-state index contributed by atoms with van der Waals surface area (Å²) in [6.45, 7) is 4.24. The van der Waals surface area contributed by atoms with E-state index >= 15 is 0 Å². The molecular weight excluding hydrogens is 286 g/mol. The van der Waals surface area contributed by atoms with E-state index in [4.69, 9.17) is 5.90 Å². The first-order valence-corrected chi connectivity index (χ1v) is 7.49. The van der Waals surface area contributed by atoms with Gasteiger partial charge in [0.2, 0.25) is 0 Å². The highest BCUT2D eigenvalue weighted by molar-refractivity contribution is 7.94. The van der Waals surface area contributed by atoms with Crippen molar-refractivity contribution in [1.82, 2.24) is 9.78 Å². The topological polar surface area (TPSA) is 62.3 Å². The van der Waals surface area contributed by atoms with Crippen LogP contribution in [0.4, 0.5) is 0 Å². The van der Waals surface area contributed by atoms with Gasteiger partial charge in [0.1, 0.15) is 0 Å². The largest absolute Gasteiger partial charge is 0.233 e. The first-order chi connectivity index (χ1) is 10.2. The summed E-state index contributed by atoms with van der Waals surface area (Å²) in [7, 11) is 0. The van der Waals surface area contributed by atoms with Crippen LogP contribution >= 0.6 is 12.0 Å². The van der Waals surface area contributed by atoms with Crippen LogP contribution in [0.25, 0.3) is 11.8 Å². The number of hydrogen-bond acceptors (Lipinski definition) is 5. The van der Waals surface area contributed by atoms with Crippen molar-refractivity contribution in [2.75, 3.05) is 0 Å². The summed E-state index contributed by atoms with van der Waals surface area (Å²) < 4.78 is 6.64. The van der Waals surface area contributed by atoms with Crippen LogP contribution in [0.2, 0.25) is 0 Å². The molecule has 0 unspecified atom stereocenters. The van der Waals surface area contributed by atoms with Gasteiger partial charge in [-0.05, 0) is 57.0 Å². The predicted molar refractivity (Wildman–Crippen MR) is 82.5 cm³/mol. The van der Waals surface area contributed by atoms with Crippen molar-refractivity contribution in [3.05, 3.63) is 46.8 Å². The zero-order valence-electron chi connectivity index (χ0n) is 12.0. The molecular formula is C15H17N3O2S. The maximum atomic E-state index is 4.83. The Morgan fingerprint density at radius 2 is 1.95 bits per heavy atom. The summed E-state index contributed by atoms with van der Waals surface area (Å²) >= 11 is 1.07. The number of aromatic nitrogens is 2. The summed E-state index contributed by atoms with van der Waals surface area (Å²) in [5.41, 5.74) is 6.07. The molecule has 0 spiro atoms. The number of aryl methyl sites for hydroxylation is 1. The third kappa shape index (κ3) is 2.89. The monoisotopic (exact) mass is 303 g/mol. The van der Waals surface area contributed by atoms with Crippen molar-refractivity contribution in [1.29, 1.82) is 0 Å². The maximum Gasteiger partial charge on any atom is 0.0702 e. The Labute approximate surface area is 127 Å². The van der Waals surface area contributed by atoms with Crippen LogP contribution in [0, 0.1) is 6.92 Å². The van der Waals surface area contributed by atoms with Crippen molar-refractivity contribution in [2.24, 2.45) is 5.90 Å². The van der Waals surface area contributed by atoms with Gasteiger partial charge in [-0.25, -0.2) is 4.68 Å². The van der Waals surface area contributed by atoms with Crippen LogP contribution in [-0.2, 0) is 15.7 Å². The molecule has 0 radical (unpaired) electrons. The maximum absolute atomic E-state index is 4.83. The number of rotatable bonds is 4. The lowest BCUT2D eigenvalue weighted by Gasteiger charge is -2.12. The first-order valence-electron chi connectivity index (χ1n) is 6.75. The fourth-order valence-electron chi connectivity index (χ4n) is 2.56. The summed E-state index contributed by atoms with van der Waals surface area (Å²) in [5, 5.41) is 4.68. The van der Waals surface area contributed by atoms with Crippen LogP contribution in [0.1, 0.15) is 30.3 Å². The first kappa shape index (κ1) is 14.3. The Bertz CT molecular complexity index is 677. The van der Waals surface area contributed by atoms with E-state index in [0.717, 1.165) is 41.2 Å². The van der Waals surface area contributed by atoms with Gasteiger partial charge in [-0.1, -0.05) is 5.57 Å². The number of fused-ring (bicyclic) bond motifs is 1. The molecule has 5 nitrogen and oxygen atoms in total. The van der Waals surface area contributed by atoms with E-state index in [0.29, 0.717) is 0 Å². The number of benzene rings is 1. The van der Waals surface area contributed by atoms with E-state index in [-0.39, 0.29) is 0 Å². The lowest BCUT2D eigenvalue weighted by Crippen LogP contribution is -2.03. The van der Waals surface area contributed by atoms with Gasteiger partial charge in [0, 0.05) is 10.5 Å². The fourth-order valence-corrected chi connectivity index (χ4v) is 2.93. The molecule has 0 saturated heterocycles. The predicted octanol–water partition coefficient (Wildman–Crippen LogP) is 3.36. The number of nitrogens with two attached hydrogens (primary N) is 1. The molecule has 0 amide bonds. The van der Waals surface area contributed by atoms with Gasteiger partial charge < -0.3 is 0 Å². The van der Waals surface area contributed by atoms with E-state index in [2.05, 4.69) is 34.3 Å². The number of allylic oxidation sites excluding steroid dienone is 1. The van der Waals surface area contributed by atoms with Gasteiger partial charge in [0.05, 0.1) is 29.1 Å². The average molecular weight is 303 g/mol. The lowest BCUT2D eigenvalue weighted by molar-refractivity contribution is -0.195. The summed E-state index contributed by atoms with van der Waals surface area (Å²) in [6, 6.07) is 7.91. The highest BCUT2D eigenvalue weighted by Crippen LogP contribution is 2.29. The zero-order valence-corrected chi connectivity index (χ0v) is 12.8. The van der Waals surface area contributed by atoms with Crippen LogP contribution < -0.4 is 5.90 Å². The summed E-state index contributed by atoms with van der Waals surface area (Å²) in [5.74, 6) is 4.83. The molecule has 1 heterocycles. The molecule has 110 valence electrons. The Balaban J connectivity index is 1.95. The fraction of sp³-hybridized carbons (Fsp3) is 0.267. The molecule has 0 saturated carbocycles. The van der Waals surface area contributed by atoms with E-state index in [1.807, 2.05) is 28.9 Å². The van der Waals surface area contributed by atoms with E-state index < -0.39 is 0 Å². The quantitative estimate of drug-likeness (QED) is 0.533. The Morgan fingerprint density at radius 1 is 1.19 bits per heavy atom. The van der Waals surface area contributed by atoms with E-state index in [1.165, 1.54) is 16.8 Å². The van der Waals surface area contributed by atoms with Crippen LogP contribution in [-0.4, -0.2) is 9.78 Å². The van der Waals surface area contributed by atoms with Crippen molar-refractivity contribution < 1.29 is 9.32 Å². The molecule has 0 aliphatic heterocycles. The smallest absolute Gasteiger partial charge is 0.0702 e. The Hall–Kier alpha value is -1.60. The molecule has 6 heteroatoms. The third-order valence-corrected chi connectivity index (χ3v) is 4.24. The highest BCUT2D eigenvalue weighted by Gasteiger charge is 2.18. The highest BCUT2D eigenvalue weighted by atomic mass is 32.2. The Kier molecular flexibility index (Phi) is 4.12. The van der Waals surface area contributed by atoms with Crippen LogP contribution in [0.5, 0.6) is 0 Å². The molecule has 1 aromatic carbocycles. The zero-order chi connectivity index (χ0) is 14.8. The molecule has 1 aliphatic carbocycles. The Morgan fingerprint density at radius 3 is 2.67 bits per heavy atom. The second-order valence-corrected chi connectivity index (χ2v) is 5.87. The normalized spacial score (nSPS) is 14.0. The SMILES string of the molecule is CC1=Cc2c(c(C)nn2-c2ccc(SOON)cc2)CC1. The number of nitrogens with zero attached hydrogens (tertiary/aromatic N) is 2. The molecule has 1 aromatic heterocycles. The second kappa shape index (κ2) is 6.03. The minimum Gasteiger partial charge on any atom is -0.233 e. The van der Waals surface area contributed by atoms with Crippen molar-refractivity contribution in [2.45, 2.75) is 31.6 Å². The molecule has 3 rings (SSSR count).